The topological polar surface area (TPSA) is 77.5 Å². The van der Waals surface area contributed by atoms with Gasteiger partial charge in [0.1, 0.15) is 17.2 Å². The van der Waals surface area contributed by atoms with Gasteiger partial charge in [-0.15, -0.1) is 0 Å². The molecule has 7 nitrogen and oxygen atoms in total. The number of hydrogen-bond acceptors (Lipinski definition) is 6. The van der Waals surface area contributed by atoms with E-state index in [9.17, 15) is 9.90 Å². The molecule has 4 aromatic carbocycles. The highest BCUT2D eigenvalue weighted by Gasteiger charge is 2.25. The zero-order chi connectivity index (χ0) is 28.1. The van der Waals surface area contributed by atoms with Crippen molar-refractivity contribution in [2.24, 2.45) is 0 Å². The molecular formula is C33H35NO6. The lowest BCUT2D eigenvalue weighted by Gasteiger charge is -2.32. The molecule has 0 aliphatic carbocycles. The first-order valence-corrected chi connectivity index (χ1v) is 13.7. The van der Waals surface area contributed by atoms with Gasteiger partial charge in [-0.1, -0.05) is 43.7 Å². The molecule has 0 atom stereocenters. The van der Waals surface area contributed by atoms with Crippen LogP contribution < -0.4 is 19.1 Å². The molecule has 0 unspecified atom stereocenters. The lowest BCUT2D eigenvalue weighted by molar-refractivity contribution is 0.0697. The zero-order valence-corrected chi connectivity index (χ0v) is 23.2. The average Bonchev–Trinajstić information content (AvgIpc) is 3.00. The van der Waals surface area contributed by atoms with Crippen LogP contribution in [0.25, 0.3) is 33.0 Å². The van der Waals surface area contributed by atoms with E-state index in [2.05, 4.69) is 24.0 Å². The fraction of sp³-hybridized carbons (Fsp3) is 0.303. The number of ether oxygens (including phenoxy) is 4. The van der Waals surface area contributed by atoms with E-state index >= 15 is 0 Å². The molecule has 1 aliphatic heterocycles. The maximum atomic E-state index is 12.6. The highest BCUT2D eigenvalue weighted by molar-refractivity contribution is 6.12. The van der Waals surface area contributed by atoms with Gasteiger partial charge in [0.15, 0.2) is 0 Å². The van der Waals surface area contributed by atoms with Gasteiger partial charge in [-0.2, -0.15) is 0 Å². The molecule has 0 aromatic heterocycles. The number of benzene rings is 4. The van der Waals surface area contributed by atoms with Crippen molar-refractivity contribution in [1.29, 1.82) is 0 Å². The highest BCUT2D eigenvalue weighted by Crippen LogP contribution is 2.46. The monoisotopic (exact) mass is 541 g/mol. The third-order valence-corrected chi connectivity index (χ3v) is 7.31. The standard InChI is InChI=1S/C33H35NO6/c1-4-5-15-40-31-21-28(33(35)36)32(22-9-7-6-8-10-22)27-20-29(34-13-16-39-17-14-34)25(19-26(27)31)24-12-11-23(37-2)18-30(24)38-3/h6-12,18-21H,4-5,13-17H2,1-3H3,(H,35,36). The molecule has 7 heteroatoms. The van der Waals surface area contributed by atoms with Gasteiger partial charge in [0.25, 0.3) is 0 Å². The summed E-state index contributed by atoms with van der Waals surface area (Å²) < 4.78 is 23.2. The summed E-state index contributed by atoms with van der Waals surface area (Å²) >= 11 is 0. The molecule has 0 amide bonds. The van der Waals surface area contributed by atoms with Gasteiger partial charge in [0.2, 0.25) is 0 Å². The van der Waals surface area contributed by atoms with E-state index in [1.165, 1.54) is 0 Å². The largest absolute Gasteiger partial charge is 0.497 e. The Balaban J connectivity index is 1.86. The van der Waals surface area contributed by atoms with Crippen molar-refractivity contribution in [2.45, 2.75) is 19.8 Å². The minimum absolute atomic E-state index is 0.216. The summed E-state index contributed by atoms with van der Waals surface area (Å²) in [5, 5.41) is 12.0. The summed E-state index contributed by atoms with van der Waals surface area (Å²) in [6.07, 6.45) is 1.84. The molecule has 0 spiro atoms. The van der Waals surface area contributed by atoms with Crippen molar-refractivity contribution < 1.29 is 28.8 Å². The maximum absolute atomic E-state index is 12.6. The number of rotatable bonds is 10. The van der Waals surface area contributed by atoms with E-state index in [-0.39, 0.29) is 5.56 Å². The van der Waals surface area contributed by atoms with Gasteiger partial charge >= 0.3 is 5.97 Å². The summed E-state index contributed by atoms with van der Waals surface area (Å²) in [5.74, 6) is 0.958. The number of unbranched alkanes of at least 4 members (excludes halogenated alkanes) is 1. The van der Waals surface area contributed by atoms with Crippen LogP contribution in [0, 0.1) is 0 Å². The zero-order valence-electron chi connectivity index (χ0n) is 23.2. The normalized spacial score (nSPS) is 13.3. The van der Waals surface area contributed by atoms with Crippen LogP contribution >= 0.6 is 0 Å². The summed E-state index contributed by atoms with van der Waals surface area (Å²) in [4.78, 5) is 14.9. The first-order chi connectivity index (χ1) is 19.5. The van der Waals surface area contributed by atoms with Crippen molar-refractivity contribution in [3.8, 4) is 39.5 Å². The van der Waals surface area contributed by atoms with Crippen LogP contribution in [0.5, 0.6) is 17.2 Å². The lowest BCUT2D eigenvalue weighted by atomic mass is 9.89. The molecular weight excluding hydrogens is 506 g/mol. The van der Waals surface area contributed by atoms with Crippen LogP contribution in [-0.2, 0) is 4.74 Å². The highest BCUT2D eigenvalue weighted by atomic mass is 16.5. The number of carboxylic acid groups (broad SMARTS) is 1. The fourth-order valence-electron chi connectivity index (χ4n) is 5.26. The van der Waals surface area contributed by atoms with Crippen LogP contribution in [0.15, 0.2) is 66.7 Å². The minimum Gasteiger partial charge on any atom is -0.497 e. The number of hydrogen-bond donors (Lipinski definition) is 1. The average molecular weight is 542 g/mol. The molecule has 1 fully saturated rings. The Morgan fingerprint density at radius 2 is 1.68 bits per heavy atom. The Bertz CT molecular complexity index is 1490. The second-order valence-electron chi connectivity index (χ2n) is 9.75. The van der Waals surface area contributed by atoms with Crippen molar-refractivity contribution in [3.63, 3.8) is 0 Å². The number of anilines is 1. The molecule has 0 bridgehead atoms. The molecule has 1 saturated heterocycles. The van der Waals surface area contributed by atoms with Crippen LogP contribution in [0.3, 0.4) is 0 Å². The van der Waals surface area contributed by atoms with Crippen molar-refractivity contribution >= 4 is 22.4 Å². The summed E-state index contributed by atoms with van der Waals surface area (Å²) in [6, 6.07) is 21.4. The molecule has 208 valence electrons. The number of carboxylic acids is 1. The number of aromatic carboxylic acids is 1. The Kier molecular flexibility index (Phi) is 8.41. The molecule has 0 saturated carbocycles. The molecule has 1 N–H and O–H groups in total. The molecule has 1 heterocycles. The predicted molar refractivity (Wildman–Crippen MR) is 158 cm³/mol. The first-order valence-electron chi connectivity index (χ1n) is 13.7. The summed E-state index contributed by atoms with van der Waals surface area (Å²) in [5.41, 5.74) is 4.60. The van der Waals surface area contributed by atoms with Gasteiger partial charge in [0, 0.05) is 46.9 Å². The summed E-state index contributed by atoms with van der Waals surface area (Å²) in [7, 11) is 3.29. The van der Waals surface area contributed by atoms with E-state index < -0.39 is 5.97 Å². The Labute approximate surface area is 234 Å². The first kappa shape index (κ1) is 27.3. The quantitative estimate of drug-likeness (QED) is 0.219. The van der Waals surface area contributed by atoms with Crippen LogP contribution in [0.2, 0.25) is 0 Å². The second kappa shape index (κ2) is 12.3. The summed E-state index contributed by atoms with van der Waals surface area (Å²) in [6.45, 7) is 5.27. The number of methoxy groups -OCH3 is 2. The number of nitrogens with zero attached hydrogens (tertiary/aromatic N) is 1. The van der Waals surface area contributed by atoms with E-state index in [1.54, 1.807) is 20.3 Å². The third kappa shape index (κ3) is 5.42. The van der Waals surface area contributed by atoms with Crippen molar-refractivity contribution in [1.82, 2.24) is 0 Å². The van der Waals surface area contributed by atoms with Crippen molar-refractivity contribution in [2.75, 3.05) is 52.0 Å². The van der Waals surface area contributed by atoms with Crippen LogP contribution in [-0.4, -0.2) is 58.2 Å². The van der Waals surface area contributed by atoms with Gasteiger partial charge in [-0.3, -0.25) is 0 Å². The SMILES string of the molecule is CCCCOc1cc(C(=O)O)c(-c2ccccc2)c2cc(N3CCOCC3)c(-c3ccc(OC)cc3OC)cc12. The molecule has 4 aromatic rings. The lowest BCUT2D eigenvalue weighted by Crippen LogP contribution is -2.36. The van der Waals surface area contributed by atoms with Gasteiger partial charge in [-0.25, -0.2) is 4.79 Å². The van der Waals surface area contributed by atoms with Crippen LogP contribution in [0.4, 0.5) is 5.69 Å². The Hall–Kier alpha value is -4.23. The minimum atomic E-state index is -0.991. The van der Waals surface area contributed by atoms with E-state index in [0.717, 1.165) is 59.1 Å². The molecule has 0 radical (unpaired) electrons. The molecule has 40 heavy (non-hydrogen) atoms. The Morgan fingerprint density at radius 1 is 0.900 bits per heavy atom. The fourth-order valence-corrected chi connectivity index (χ4v) is 5.26. The molecule has 5 rings (SSSR count). The smallest absolute Gasteiger partial charge is 0.336 e. The van der Waals surface area contributed by atoms with Crippen molar-refractivity contribution in [3.05, 3.63) is 72.3 Å². The van der Waals surface area contributed by atoms with Gasteiger partial charge < -0.3 is 29.0 Å². The van der Waals surface area contributed by atoms with Crippen LogP contribution in [0.1, 0.15) is 30.1 Å². The van der Waals surface area contributed by atoms with Gasteiger partial charge in [-0.05, 0) is 47.7 Å². The van der Waals surface area contributed by atoms with Gasteiger partial charge in [0.05, 0.1) is 39.6 Å². The maximum Gasteiger partial charge on any atom is 0.336 e. The number of carbonyl (C=O) groups is 1. The van der Waals surface area contributed by atoms with E-state index in [0.29, 0.717) is 42.6 Å². The second-order valence-corrected chi connectivity index (χ2v) is 9.75. The van der Waals surface area contributed by atoms with E-state index in [1.807, 2.05) is 48.5 Å². The Morgan fingerprint density at radius 3 is 2.35 bits per heavy atom. The third-order valence-electron chi connectivity index (χ3n) is 7.31. The number of morpholine rings is 1. The molecule has 1 aliphatic rings. The van der Waals surface area contributed by atoms with E-state index in [4.69, 9.17) is 18.9 Å². The predicted octanol–water partition coefficient (Wildman–Crippen LogP) is 6.90. The number of fused-ring (bicyclic) bond motifs is 1.